The minimum absolute atomic E-state index is 0.320. The van der Waals surface area contributed by atoms with Gasteiger partial charge in [-0.3, -0.25) is 0 Å². The number of carbonyl (C=O) groups excluding carboxylic acids is 1. The van der Waals surface area contributed by atoms with Crippen molar-refractivity contribution in [2.75, 3.05) is 7.05 Å². The number of halogens is 3. The fourth-order valence-corrected chi connectivity index (χ4v) is 3.65. The Kier molecular flexibility index (Phi) is 5.36. The van der Waals surface area contributed by atoms with Gasteiger partial charge in [0, 0.05) is 7.05 Å². The van der Waals surface area contributed by atoms with Crippen molar-refractivity contribution in [2.24, 2.45) is 0 Å². The lowest BCUT2D eigenvalue weighted by molar-refractivity contribution is -0.137. The van der Waals surface area contributed by atoms with E-state index in [0.29, 0.717) is 12.1 Å². The monoisotopic (exact) mass is 393 g/mol. The minimum Gasteiger partial charge on any atom is -0.331 e. The van der Waals surface area contributed by atoms with Gasteiger partial charge in [-0.2, -0.15) is 13.2 Å². The first-order valence-electron chi connectivity index (χ1n) is 8.27. The van der Waals surface area contributed by atoms with Crippen LogP contribution in [-0.2, 0) is 12.7 Å². The largest absolute Gasteiger partial charge is 0.416 e. The Morgan fingerprint density at radius 2 is 1.96 bits per heavy atom. The highest BCUT2D eigenvalue weighted by Crippen LogP contribution is 2.30. The van der Waals surface area contributed by atoms with Crippen LogP contribution in [-0.4, -0.2) is 23.0 Å². The molecule has 0 aliphatic rings. The summed E-state index contributed by atoms with van der Waals surface area (Å²) in [5, 5.41) is 3.52. The van der Waals surface area contributed by atoms with E-state index in [-0.39, 0.29) is 6.03 Å². The van der Waals surface area contributed by atoms with Gasteiger partial charge in [-0.15, -0.1) is 11.3 Å². The SMILES string of the molecule is CC(NC(=O)N(C)Cc1nc2ccccc2s1)c1cccc(C(F)(F)F)c1. The van der Waals surface area contributed by atoms with E-state index < -0.39 is 17.8 Å². The van der Waals surface area contributed by atoms with Crippen LogP contribution >= 0.6 is 11.3 Å². The number of nitrogens with zero attached hydrogens (tertiary/aromatic N) is 2. The molecule has 0 saturated heterocycles. The lowest BCUT2D eigenvalue weighted by Gasteiger charge is -2.21. The van der Waals surface area contributed by atoms with Crippen molar-refractivity contribution >= 4 is 27.6 Å². The van der Waals surface area contributed by atoms with Gasteiger partial charge in [-0.05, 0) is 36.8 Å². The molecule has 2 amide bonds. The zero-order chi connectivity index (χ0) is 19.6. The van der Waals surface area contributed by atoms with Gasteiger partial charge in [0.2, 0.25) is 0 Å². The summed E-state index contributed by atoms with van der Waals surface area (Å²) >= 11 is 1.51. The van der Waals surface area contributed by atoms with E-state index in [1.54, 1.807) is 20.0 Å². The molecule has 2 aromatic carbocycles. The molecule has 1 heterocycles. The van der Waals surface area contributed by atoms with E-state index in [1.807, 2.05) is 24.3 Å². The van der Waals surface area contributed by atoms with Crippen LogP contribution in [0.1, 0.15) is 29.1 Å². The van der Waals surface area contributed by atoms with Crippen LogP contribution in [0.25, 0.3) is 10.2 Å². The van der Waals surface area contributed by atoms with Gasteiger partial charge in [0.25, 0.3) is 0 Å². The summed E-state index contributed by atoms with van der Waals surface area (Å²) in [6.45, 7) is 1.97. The van der Waals surface area contributed by atoms with E-state index in [2.05, 4.69) is 10.3 Å². The predicted molar refractivity (Wildman–Crippen MR) is 99.5 cm³/mol. The highest BCUT2D eigenvalue weighted by atomic mass is 32.1. The number of aromatic nitrogens is 1. The van der Waals surface area contributed by atoms with Crippen molar-refractivity contribution in [2.45, 2.75) is 25.7 Å². The van der Waals surface area contributed by atoms with E-state index in [9.17, 15) is 18.0 Å². The van der Waals surface area contributed by atoms with Crippen molar-refractivity contribution in [3.05, 3.63) is 64.7 Å². The number of rotatable bonds is 4. The molecule has 0 aliphatic heterocycles. The number of thiazole rings is 1. The van der Waals surface area contributed by atoms with Crippen LogP contribution in [0, 0.1) is 0 Å². The number of amides is 2. The second kappa shape index (κ2) is 7.56. The van der Waals surface area contributed by atoms with Crippen molar-refractivity contribution in [1.29, 1.82) is 0 Å². The maximum atomic E-state index is 12.9. The third kappa shape index (κ3) is 4.57. The zero-order valence-corrected chi connectivity index (χ0v) is 15.6. The first-order chi connectivity index (χ1) is 12.7. The van der Waals surface area contributed by atoms with Gasteiger partial charge < -0.3 is 10.2 Å². The molecule has 1 aromatic heterocycles. The lowest BCUT2D eigenvalue weighted by Crippen LogP contribution is -2.38. The minimum atomic E-state index is -4.41. The first-order valence-corrected chi connectivity index (χ1v) is 9.09. The highest BCUT2D eigenvalue weighted by molar-refractivity contribution is 7.18. The Labute approximate surface area is 158 Å². The van der Waals surface area contributed by atoms with E-state index >= 15 is 0 Å². The molecule has 0 fully saturated rings. The molecule has 0 bridgehead atoms. The number of hydrogen-bond donors (Lipinski definition) is 1. The number of alkyl halides is 3. The third-order valence-corrected chi connectivity index (χ3v) is 5.13. The van der Waals surface area contributed by atoms with Crippen LogP contribution in [0.3, 0.4) is 0 Å². The van der Waals surface area contributed by atoms with Crippen LogP contribution in [0.2, 0.25) is 0 Å². The number of urea groups is 1. The normalized spacial score (nSPS) is 12.8. The van der Waals surface area contributed by atoms with Crippen molar-refractivity contribution in [3.8, 4) is 0 Å². The Morgan fingerprint density at radius 1 is 1.22 bits per heavy atom. The van der Waals surface area contributed by atoms with Crippen LogP contribution in [0.5, 0.6) is 0 Å². The van der Waals surface area contributed by atoms with Crippen molar-refractivity contribution in [3.63, 3.8) is 0 Å². The van der Waals surface area contributed by atoms with Gasteiger partial charge in [0.15, 0.2) is 0 Å². The molecule has 1 N–H and O–H groups in total. The second-order valence-electron chi connectivity index (χ2n) is 6.23. The molecule has 8 heteroatoms. The number of carbonyl (C=O) groups is 1. The molecule has 0 saturated carbocycles. The highest BCUT2D eigenvalue weighted by Gasteiger charge is 2.30. The summed E-state index contributed by atoms with van der Waals surface area (Å²) in [6.07, 6.45) is -4.41. The molecular weight excluding hydrogens is 375 g/mol. The molecule has 1 atom stereocenters. The number of fused-ring (bicyclic) bond motifs is 1. The number of para-hydroxylation sites is 1. The van der Waals surface area contributed by atoms with Gasteiger partial charge in [-0.1, -0.05) is 24.3 Å². The van der Waals surface area contributed by atoms with Crippen LogP contribution in [0.4, 0.5) is 18.0 Å². The van der Waals surface area contributed by atoms with Gasteiger partial charge in [-0.25, -0.2) is 9.78 Å². The number of benzene rings is 2. The topological polar surface area (TPSA) is 45.2 Å². The second-order valence-corrected chi connectivity index (χ2v) is 7.34. The molecule has 3 aromatic rings. The molecule has 0 aliphatic carbocycles. The summed E-state index contributed by atoms with van der Waals surface area (Å²) in [5.41, 5.74) is 0.541. The standard InChI is InChI=1S/C19H18F3N3OS/c1-12(13-6-5-7-14(10-13)19(20,21)22)23-18(26)25(2)11-17-24-15-8-3-4-9-16(15)27-17/h3-10,12H,11H2,1-2H3,(H,23,26). The summed E-state index contributed by atoms with van der Waals surface area (Å²) in [4.78, 5) is 18.3. The smallest absolute Gasteiger partial charge is 0.331 e. The number of hydrogen-bond acceptors (Lipinski definition) is 3. The van der Waals surface area contributed by atoms with E-state index in [4.69, 9.17) is 0 Å². The Balaban J connectivity index is 1.65. The molecule has 142 valence electrons. The van der Waals surface area contributed by atoms with Crippen LogP contribution in [0.15, 0.2) is 48.5 Å². The first kappa shape index (κ1) is 19.2. The summed E-state index contributed by atoms with van der Waals surface area (Å²) in [5.74, 6) is 0. The third-order valence-electron chi connectivity index (χ3n) is 4.11. The Morgan fingerprint density at radius 3 is 2.67 bits per heavy atom. The van der Waals surface area contributed by atoms with Crippen LogP contribution < -0.4 is 5.32 Å². The van der Waals surface area contributed by atoms with Gasteiger partial charge in [0.1, 0.15) is 5.01 Å². The van der Waals surface area contributed by atoms with Gasteiger partial charge in [0.05, 0.1) is 28.4 Å². The zero-order valence-electron chi connectivity index (χ0n) is 14.7. The Bertz CT molecular complexity index is 922. The summed E-state index contributed by atoms with van der Waals surface area (Å²) in [7, 11) is 1.63. The molecule has 27 heavy (non-hydrogen) atoms. The predicted octanol–water partition coefficient (Wildman–Crippen LogP) is 5.22. The average Bonchev–Trinajstić information content (AvgIpc) is 3.03. The maximum Gasteiger partial charge on any atom is 0.416 e. The fourth-order valence-electron chi connectivity index (χ4n) is 2.63. The molecule has 4 nitrogen and oxygen atoms in total. The molecule has 3 rings (SSSR count). The summed E-state index contributed by atoms with van der Waals surface area (Å²) < 4.78 is 39.6. The quantitative estimate of drug-likeness (QED) is 0.661. The fraction of sp³-hybridized carbons (Fsp3) is 0.263. The molecule has 1 unspecified atom stereocenters. The van der Waals surface area contributed by atoms with Crippen molar-refractivity contribution < 1.29 is 18.0 Å². The van der Waals surface area contributed by atoms with Crippen molar-refractivity contribution in [1.82, 2.24) is 15.2 Å². The van der Waals surface area contributed by atoms with Gasteiger partial charge >= 0.3 is 12.2 Å². The lowest BCUT2D eigenvalue weighted by atomic mass is 10.1. The average molecular weight is 393 g/mol. The molecule has 0 radical (unpaired) electrons. The Hall–Kier alpha value is -2.61. The maximum absolute atomic E-state index is 12.9. The molecule has 0 spiro atoms. The van der Waals surface area contributed by atoms with E-state index in [1.165, 1.54) is 22.3 Å². The number of nitrogens with one attached hydrogen (secondary N) is 1. The summed E-state index contributed by atoms with van der Waals surface area (Å²) in [6, 6.07) is 11.7. The van der Waals surface area contributed by atoms with E-state index in [0.717, 1.165) is 27.4 Å². The molecular formula is C19H18F3N3OS.